The van der Waals surface area contributed by atoms with Crippen LogP contribution in [0.1, 0.15) is 31.9 Å². The highest BCUT2D eigenvalue weighted by molar-refractivity contribution is 6.00. The number of nitrogens with one attached hydrogen (secondary N) is 2. The van der Waals surface area contributed by atoms with Crippen molar-refractivity contribution in [3.8, 4) is 0 Å². The summed E-state index contributed by atoms with van der Waals surface area (Å²) in [6.07, 6.45) is 5.11. The average Bonchev–Trinajstić information content (AvgIpc) is 2.46. The minimum absolute atomic E-state index is 0.142. The standard InChI is InChI=1S/C18H20N2O/c1-18(2,3)15-10-7-14(8-11-15)9-12-17(21)20-16-6-4-5-13-19-16/h4-13H,1-3H3,(H,19,20,21)/p+1. The second-order valence-electron chi connectivity index (χ2n) is 5.97. The summed E-state index contributed by atoms with van der Waals surface area (Å²) < 4.78 is 0. The van der Waals surface area contributed by atoms with Crippen LogP contribution in [0.2, 0.25) is 0 Å². The molecule has 0 fully saturated rings. The van der Waals surface area contributed by atoms with Gasteiger partial charge in [0.2, 0.25) is 0 Å². The van der Waals surface area contributed by atoms with E-state index in [9.17, 15) is 4.79 Å². The van der Waals surface area contributed by atoms with E-state index < -0.39 is 0 Å². The summed E-state index contributed by atoms with van der Waals surface area (Å²) >= 11 is 0. The summed E-state index contributed by atoms with van der Waals surface area (Å²) in [5.41, 5.74) is 2.43. The number of anilines is 1. The highest BCUT2D eigenvalue weighted by Crippen LogP contribution is 2.22. The summed E-state index contributed by atoms with van der Waals surface area (Å²) in [5.74, 6) is 0.521. The number of hydrogen-bond acceptors (Lipinski definition) is 1. The normalized spacial score (nSPS) is 11.6. The molecule has 0 aliphatic carbocycles. The van der Waals surface area contributed by atoms with Gasteiger partial charge >= 0.3 is 5.91 Å². The van der Waals surface area contributed by atoms with Crippen molar-refractivity contribution >= 4 is 17.8 Å². The zero-order valence-electron chi connectivity index (χ0n) is 12.7. The molecule has 2 N–H and O–H groups in total. The number of benzene rings is 1. The Kier molecular flexibility index (Phi) is 4.53. The second kappa shape index (κ2) is 6.35. The summed E-state index contributed by atoms with van der Waals surface area (Å²) in [6.45, 7) is 6.55. The van der Waals surface area contributed by atoms with E-state index in [0.29, 0.717) is 5.82 Å². The SMILES string of the molecule is CC(C)(C)c1ccc(C=CC(=O)Nc2cccc[nH+]2)cc1. The number of aromatic nitrogens is 1. The lowest BCUT2D eigenvalue weighted by molar-refractivity contribution is -0.360. The number of pyridine rings is 1. The number of rotatable bonds is 3. The summed E-state index contributed by atoms with van der Waals surface area (Å²) in [5, 5.41) is 2.77. The van der Waals surface area contributed by atoms with Gasteiger partial charge in [-0.05, 0) is 28.7 Å². The van der Waals surface area contributed by atoms with Gasteiger partial charge in [0.15, 0.2) is 0 Å². The van der Waals surface area contributed by atoms with Gasteiger partial charge in [-0.2, -0.15) is 0 Å². The molecule has 108 valence electrons. The molecule has 1 heterocycles. The van der Waals surface area contributed by atoms with Crippen LogP contribution < -0.4 is 10.3 Å². The summed E-state index contributed by atoms with van der Waals surface area (Å²) in [7, 11) is 0. The predicted octanol–water partition coefficient (Wildman–Crippen LogP) is 3.45. The molecule has 3 heteroatoms. The first kappa shape index (κ1) is 15.0. The molecule has 0 aliphatic heterocycles. The Morgan fingerprint density at radius 2 is 1.81 bits per heavy atom. The van der Waals surface area contributed by atoms with Crippen LogP contribution in [0.15, 0.2) is 54.7 Å². The van der Waals surface area contributed by atoms with Crippen LogP contribution in [-0.4, -0.2) is 5.91 Å². The third kappa shape index (κ3) is 4.56. The number of amides is 1. The van der Waals surface area contributed by atoms with E-state index in [2.05, 4.69) is 43.2 Å². The minimum Gasteiger partial charge on any atom is -0.247 e. The molecular formula is C18H21N2O+. The summed E-state index contributed by atoms with van der Waals surface area (Å²) in [6, 6.07) is 13.8. The molecule has 0 saturated carbocycles. The van der Waals surface area contributed by atoms with Crippen LogP contribution in [0, 0.1) is 0 Å². The Labute approximate surface area is 125 Å². The van der Waals surface area contributed by atoms with E-state index >= 15 is 0 Å². The molecule has 2 rings (SSSR count). The largest absolute Gasteiger partial charge is 0.331 e. The lowest BCUT2D eigenvalue weighted by atomic mass is 9.87. The molecule has 2 aromatic rings. The Hall–Kier alpha value is -2.42. The van der Waals surface area contributed by atoms with Crippen LogP contribution in [-0.2, 0) is 10.2 Å². The predicted molar refractivity (Wildman–Crippen MR) is 85.8 cm³/mol. The Morgan fingerprint density at radius 3 is 2.38 bits per heavy atom. The van der Waals surface area contributed by atoms with E-state index in [1.807, 2.05) is 36.4 Å². The van der Waals surface area contributed by atoms with Crippen molar-refractivity contribution in [1.82, 2.24) is 0 Å². The van der Waals surface area contributed by atoms with Crippen molar-refractivity contribution in [2.45, 2.75) is 26.2 Å². The molecule has 0 spiro atoms. The zero-order chi connectivity index (χ0) is 15.3. The topological polar surface area (TPSA) is 43.2 Å². The van der Waals surface area contributed by atoms with Gasteiger partial charge in [-0.1, -0.05) is 51.1 Å². The van der Waals surface area contributed by atoms with E-state index in [0.717, 1.165) is 5.56 Å². The van der Waals surface area contributed by atoms with Gasteiger partial charge in [0.25, 0.3) is 5.82 Å². The first-order valence-corrected chi connectivity index (χ1v) is 7.01. The molecule has 1 amide bonds. The van der Waals surface area contributed by atoms with Crippen LogP contribution in [0.4, 0.5) is 5.82 Å². The Morgan fingerprint density at radius 1 is 1.10 bits per heavy atom. The number of carbonyl (C=O) groups excluding carboxylic acids is 1. The number of aromatic amines is 1. The fourth-order valence-electron chi connectivity index (χ4n) is 1.91. The van der Waals surface area contributed by atoms with Gasteiger partial charge in [0.1, 0.15) is 0 Å². The fourth-order valence-corrected chi connectivity index (χ4v) is 1.91. The molecule has 0 atom stereocenters. The molecule has 21 heavy (non-hydrogen) atoms. The van der Waals surface area contributed by atoms with Crippen LogP contribution in [0.25, 0.3) is 6.08 Å². The zero-order valence-corrected chi connectivity index (χ0v) is 12.7. The van der Waals surface area contributed by atoms with Crippen LogP contribution in [0.3, 0.4) is 0 Å². The molecule has 0 saturated heterocycles. The highest BCUT2D eigenvalue weighted by Gasteiger charge is 2.12. The highest BCUT2D eigenvalue weighted by atomic mass is 16.1. The molecule has 1 aromatic heterocycles. The maximum atomic E-state index is 11.8. The maximum absolute atomic E-state index is 11.8. The van der Waals surface area contributed by atoms with Crippen molar-refractivity contribution in [1.29, 1.82) is 0 Å². The lowest BCUT2D eigenvalue weighted by Crippen LogP contribution is -2.16. The summed E-state index contributed by atoms with van der Waals surface area (Å²) in [4.78, 5) is 14.7. The van der Waals surface area contributed by atoms with Crippen molar-refractivity contribution in [3.05, 3.63) is 65.9 Å². The number of hydrogen-bond donors (Lipinski definition) is 1. The van der Waals surface area contributed by atoms with E-state index in [4.69, 9.17) is 0 Å². The Bertz CT molecular complexity index is 623. The molecule has 1 aromatic carbocycles. The van der Waals surface area contributed by atoms with Gasteiger partial charge in [-0.3, -0.25) is 0 Å². The monoisotopic (exact) mass is 281 g/mol. The van der Waals surface area contributed by atoms with E-state index in [1.165, 1.54) is 11.6 Å². The van der Waals surface area contributed by atoms with Crippen molar-refractivity contribution in [2.75, 3.05) is 5.32 Å². The van der Waals surface area contributed by atoms with Crippen molar-refractivity contribution < 1.29 is 9.78 Å². The van der Waals surface area contributed by atoms with Crippen molar-refractivity contribution in [2.24, 2.45) is 0 Å². The van der Waals surface area contributed by atoms with Crippen LogP contribution in [0.5, 0.6) is 0 Å². The first-order valence-electron chi connectivity index (χ1n) is 7.01. The molecule has 0 radical (unpaired) electrons. The molecule has 0 aliphatic rings. The third-order valence-electron chi connectivity index (χ3n) is 3.17. The minimum atomic E-state index is -0.155. The maximum Gasteiger partial charge on any atom is 0.331 e. The van der Waals surface area contributed by atoms with Crippen LogP contribution >= 0.6 is 0 Å². The van der Waals surface area contributed by atoms with Gasteiger partial charge in [0, 0.05) is 12.1 Å². The first-order chi connectivity index (χ1) is 9.95. The average molecular weight is 281 g/mol. The van der Waals surface area contributed by atoms with Crippen molar-refractivity contribution in [3.63, 3.8) is 0 Å². The van der Waals surface area contributed by atoms with Gasteiger partial charge in [0.05, 0.1) is 6.20 Å². The fraction of sp³-hybridized carbons (Fsp3) is 0.222. The molecule has 3 nitrogen and oxygen atoms in total. The van der Waals surface area contributed by atoms with Gasteiger partial charge in [-0.25, -0.2) is 15.1 Å². The molecular weight excluding hydrogens is 260 g/mol. The quantitative estimate of drug-likeness (QED) is 0.860. The number of H-pyrrole nitrogens is 1. The van der Waals surface area contributed by atoms with E-state index in [-0.39, 0.29) is 11.3 Å². The smallest absolute Gasteiger partial charge is 0.247 e. The van der Waals surface area contributed by atoms with Gasteiger partial charge < -0.3 is 0 Å². The Balaban J connectivity index is 1.99. The lowest BCUT2D eigenvalue weighted by Gasteiger charge is -2.18. The third-order valence-corrected chi connectivity index (χ3v) is 3.17. The number of carbonyl (C=O) groups is 1. The van der Waals surface area contributed by atoms with E-state index in [1.54, 1.807) is 6.20 Å². The molecule has 0 unspecified atom stereocenters. The second-order valence-corrected chi connectivity index (χ2v) is 5.97. The molecule has 0 bridgehead atoms. The van der Waals surface area contributed by atoms with Gasteiger partial charge in [-0.15, -0.1) is 0 Å².